The Hall–Kier alpha value is -1.06. The predicted molar refractivity (Wildman–Crippen MR) is 72.3 cm³/mol. The van der Waals surface area contributed by atoms with Crippen molar-refractivity contribution in [2.24, 2.45) is 11.5 Å². The lowest BCUT2D eigenvalue weighted by molar-refractivity contribution is 0.397. The molecule has 0 saturated carbocycles. The van der Waals surface area contributed by atoms with Crippen LogP contribution < -0.4 is 16.2 Å². The van der Waals surface area contributed by atoms with Crippen molar-refractivity contribution in [3.05, 3.63) is 29.3 Å². The third-order valence-electron chi connectivity index (χ3n) is 2.98. The number of methoxy groups -OCH3 is 1. The highest BCUT2D eigenvalue weighted by molar-refractivity contribution is 5.42. The minimum Gasteiger partial charge on any atom is -0.496 e. The van der Waals surface area contributed by atoms with Gasteiger partial charge in [0.15, 0.2) is 0 Å². The molecule has 0 heterocycles. The van der Waals surface area contributed by atoms with Crippen molar-refractivity contribution in [2.75, 3.05) is 7.11 Å². The Balaban J connectivity index is 3.23. The van der Waals surface area contributed by atoms with E-state index in [1.165, 1.54) is 0 Å². The summed E-state index contributed by atoms with van der Waals surface area (Å²) in [4.78, 5) is 0. The number of ether oxygens (including phenoxy) is 1. The van der Waals surface area contributed by atoms with Gasteiger partial charge >= 0.3 is 0 Å². The molecule has 0 aliphatic carbocycles. The van der Waals surface area contributed by atoms with Crippen molar-refractivity contribution in [1.29, 1.82) is 0 Å². The average molecular weight is 236 g/mol. The van der Waals surface area contributed by atoms with E-state index < -0.39 is 0 Å². The zero-order chi connectivity index (χ0) is 13.2. The molecule has 0 aliphatic heterocycles. The van der Waals surface area contributed by atoms with Crippen LogP contribution in [0.1, 0.15) is 44.9 Å². The largest absolute Gasteiger partial charge is 0.496 e. The number of hydrogen-bond acceptors (Lipinski definition) is 3. The van der Waals surface area contributed by atoms with Gasteiger partial charge in [-0.3, -0.25) is 0 Å². The van der Waals surface area contributed by atoms with Gasteiger partial charge in [-0.15, -0.1) is 0 Å². The topological polar surface area (TPSA) is 61.3 Å². The fourth-order valence-corrected chi connectivity index (χ4v) is 1.82. The van der Waals surface area contributed by atoms with Crippen molar-refractivity contribution in [3.63, 3.8) is 0 Å². The van der Waals surface area contributed by atoms with E-state index in [0.717, 1.165) is 16.9 Å². The first kappa shape index (κ1) is 14.0. The maximum atomic E-state index is 6.08. The monoisotopic (exact) mass is 236 g/mol. The molecule has 2 atom stereocenters. The van der Waals surface area contributed by atoms with Crippen LogP contribution in [0.3, 0.4) is 0 Å². The molecule has 1 aromatic carbocycles. The Morgan fingerprint density at radius 1 is 1.18 bits per heavy atom. The van der Waals surface area contributed by atoms with Crippen LogP contribution in [0.2, 0.25) is 0 Å². The summed E-state index contributed by atoms with van der Waals surface area (Å²) in [6, 6.07) is 5.87. The maximum Gasteiger partial charge on any atom is 0.122 e. The Morgan fingerprint density at radius 2 is 1.76 bits per heavy atom. The molecular weight excluding hydrogens is 212 g/mol. The second-order valence-corrected chi connectivity index (χ2v) is 5.59. The molecule has 0 spiro atoms. The van der Waals surface area contributed by atoms with E-state index in [1.54, 1.807) is 7.11 Å². The zero-order valence-electron chi connectivity index (χ0n) is 11.4. The molecule has 2 unspecified atom stereocenters. The SMILES string of the molecule is COc1ccc(C(N)C(C)N)cc1C(C)(C)C. The van der Waals surface area contributed by atoms with Gasteiger partial charge in [0.05, 0.1) is 7.11 Å². The van der Waals surface area contributed by atoms with Crippen LogP contribution in [0, 0.1) is 0 Å². The zero-order valence-corrected chi connectivity index (χ0v) is 11.4. The lowest BCUT2D eigenvalue weighted by Gasteiger charge is -2.25. The van der Waals surface area contributed by atoms with Crippen molar-refractivity contribution in [3.8, 4) is 5.75 Å². The van der Waals surface area contributed by atoms with Crippen molar-refractivity contribution >= 4 is 0 Å². The van der Waals surface area contributed by atoms with E-state index in [-0.39, 0.29) is 17.5 Å². The molecule has 1 aromatic rings. The summed E-state index contributed by atoms with van der Waals surface area (Å²) < 4.78 is 5.39. The van der Waals surface area contributed by atoms with E-state index in [2.05, 4.69) is 26.8 Å². The summed E-state index contributed by atoms with van der Waals surface area (Å²) >= 11 is 0. The molecule has 0 bridgehead atoms. The molecular formula is C14H24N2O. The molecule has 0 aliphatic rings. The molecule has 0 radical (unpaired) electrons. The Labute approximate surface area is 104 Å². The van der Waals surface area contributed by atoms with E-state index in [0.29, 0.717) is 0 Å². The van der Waals surface area contributed by atoms with Gasteiger partial charge in [0.1, 0.15) is 5.75 Å². The molecule has 0 aromatic heterocycles. The highest BCUT2D eigenvalue weighted by Gasteiger charge is 2.21. The quantitative estimate of drug-likeness (QED) is 0.846. The van der Waals surface area contributed by atoms with Gasteiger partial charge in [0, 0.05) is 12.1 Å². The first-order valence-electron chi connectivity index (χ1n) is 5.97. The molecule has 4 N–H and O–H groups in total. The smallest absolute Gasteiger partial charge is 0.122 e. The average Bonchev–Trinajstić information content (AvgIpc) is 2.25. The predicted octanol–water partition coefficient (Wildman–Crippen LogP) is 2.34. The molecule has 96 valence electrons. The number of rotatable bonds is 3. The van der Waals surface area contributed by atoms with Crippen molar-refractivity contribution in [1.82, 2.24) is 0 Å². The van der Waals surface area contributed by atoms with Crippen molar-refractivity contribution in [2.45, 2.75) is 45.2 Å². The summed E-state index contributed by atoms with van der Waals surface area (Å²) in [6.07, 6.45) is 0. The molecule has 0 amide bonds. The molecule has 3 heteroatoms. The van der Waals surface area contributed by atoms with E-state index >= 15 is 0 Å². The van der Waals surface area contributed by atoms with Gasteiger partial charge in [0.2, 0.25) is 0 Å². The second kappa shape index (κ2) is 5.07. The normalized spacial score (nSPS) is 15.5. The Bertz CT molecular complexity index is 380. The minimum atomic E-state index is -0.137. The van der Waals surface area contributed by atoms with E-state index in [4.69, 9.17) is 16.2 Å². The van der Waals surface area contributed by atoms with Gasteiger partial charge in [-0.1, -0.05) is 26.8 Å². The number of nitrogens with two attached hydrogens (primary N) is 2. The Kier molecular flexibility index (Phi) is 4.17. The molecule has 0 fully saturated rings. The highest BCUT2D eigenvalue weighted by Crippen LogP contribution is 2.33. The third kappa shape index (κ3) is 3.20. The van der Waals surface area contributed by atoms with E-state index in [9.17, 15) is 0 Å². The van der Waals surface area contributed by atoms with Gasteiger partial charge in [-0.25, -0.2) is 0 Å². The van der Waals surface area contributed by atoms with Crippen LogP contribution >= 0.6 is 0 Å². The maximum absolute atomic E-state index is 6.08. The van der Waals surface area contributed by atoms with Gasteiger partial charge in [0.25, 0.3) is 0 Å². The lowest BCUT2D eigenvalue weighted by Crippen LogP contribution is -2.31. The van der Waals surface area contributed by atoms with Crippen LogP contribution in [-0.2, 0) is 5.41 Å². The summed E-state index contributed by atoms with van der Waals surface area (Å²) in [7, 11) is 1.69. The molecule has 1 rings (SSSR count). The standard InChI is InChI=1S/C14H24N2O/c1-9(15)13(16)10-6-7-12(17-5)11(8-10)14(2,3)4/h6-9,13H,15-16H2,1-5H3. The van der Waals surface area contributed by atoms with Crippen LogP contribution in [0.4, 0.5) is 0 Å². The lowest BCUT2D eigenvalue weighted by atomic mass is 9.84. The van der Waals surface area contributed by atoms with Crippen LogP contribution in [0.25, 0.3) is 0 Å². The fraction of sp³-hybridized carbons (Fsp3) is 0.571. The summed E-state index contributed by atoms with van der Waals surface area (Å²) in [5.41, 5.74) is 14.2. The Morgan fingerprint density at radius 3 is 2.18 bits per heavy atom. The van der Waals surface area contributed by atoms with Crippen LogP contribution in [0.5, 0.6) is 5.75 Å². The summed E-state index contributed by atoms with van der Waals surface area (Å²) in [6.45, 7) is 8.40. The summed E-state index contributed by atoms with van der Waals surface area (Å²) in [5, 5.41) is 0. The van der Waals surface area contributed by atoms with Crippen LogP contribution in [-0.4, -0.2) is 13.2 Å². The number of hydrogen-bond donors (Lipinski definition) is 2. The second-order valence-electron chi connectivity index (χ2n) is 5.59. The van der Waals surface area contributed by atoms with Gasteiger partial charge < -0.3 is 16.2 Å². The van der Waals surface area contributed by atoms with Crippen molar-refractivity contribution < 1.29 is 4.74 Å². The molecule has 17 heavy (non-hydrogen) atoms. The highest BCUT2D eigenvalue weighted by atomic mass is 16.5. The van der Waals surface area contributed by atoms with E-state index in [1.807, 2.05) is 19.1 Å². The third-order valence-corrected chi connectivity index (χ3v) is 2.98. The first-order chi connectivity index (χ1) is 7.77. The van der Waals surface area contributed by atoms with Crippen LogP contribution in [0.15, 0.2) is 18.2 Å². The van der Waals surface area contributed by atoms with Gasteiger partial charge in [-0.05, 0) is 35.6 Å². The van der Waals surface area contributed by atoms with Gasteiger partial charge in [-0.2, -0.15) is 0 Å². The number of benzene rings is 1. The minimum absolute atomic E-state index is 0.0267. The molecule has 0 saturated heterocycles. The first-order valence-corrected chi connectivity index (χ1v) is 5.97. The fourth-order valence-electron chi connectivity index (χ4n) is 1.82. The molecule has 3 nitrogen and oxygen atoms in total. The summed E-state index contributed by atoms with van der Waals surface area (Å²) in [5.74, 6) is 0.901.